The molecule has 56 valence electrons. The number of allylic oxidation sites excluding steroid dienone is 2. The summed E-state index contributed by atoms with van der Waals surface area (Å²) in [5.41, 5.74) is 0. The third kappa shape index (κ3) is 34.0. The van der Waals surface area contributed by atoms with Crippen molar-refractivity contribution in [1.82, 2.24) is 0 Å². The predicted molar refractivity (Wildman–Crippen MR) is 45.7 cm³/mol. The van der Waals surface area contributed by atoms with Crippen molar-refractivity contribution in [1.29, 1.82) is 0 Å². The Hall–Kier alpha value is -0.260. The van der Waals surface area contributed by atoms with E-state index in [0.717, 1.165) is 0 Å². The van der Waals surface area contributed by atoms with Crippen molar-refractivity contribution < 1.29 is 0 Å². The normalized spacial score (nSPS) is 8.89. The predicted octanol–water partition coefficient (Wildman–Crippen LogP) is 3.78. The molecule has 0 aliphatic heterocycles. The van der Waals surface area contributed by atoms with Gasteiger partial charge >= 0.3 is 0 Å². The Bertz CT molecular complexity index is 44.0. The Kier molecular flexibility index (Phi) is 20.0. The van der Waals surface area contributed by atoms with Crippen LogP contribution in [0.3, 0.4) is 0 Å². The molecule has 0 bridgehead atoms. The third-order valence-electron chi connectivity index (χ3n) is 0.691. The molecule has 0 aliphatic carbocycles. The van der Waals surface area contributed by atoms with E-state index in [2.05, 4.69) is 39.8 Å². The molecule has 0 atom stereocenters. The van der Waals surface area contributed by atoms with Gasteiger partial charge in [-0.3, -0.25) is 0 Å². The molecule has 0 saturated carbocycles. The van der Waals surface area contributed by atoms with E-state index in [0.29, 0.717) is 0 Å². The first-order chi connectivity index (χ1) is 4.33. The second-order valence-electron chi connectivity index (χ2n) is 2.06. The lowest BCUT2D eigenvalue weighted by molar-refractivity contribution is 0.957. The lowest BCUT2D eigenvalue weighted by Crippen LogP contribution is -1.55. The highest BCUT2D eigenvalue weighted by molar-refractivity contribution is 4.75. The molecule has 0 rings (SSSR count). The quantitative estimate of drug-likeness (QED) is 0.496. The van der Waals surface area contributed by atoms with Crippen LogP contribution >= 0.6 is 0 Å². The van der Waals surface area contributed by atoms with Crippen LogP contribution in [0.2, 0.25) is 0 Å². The van der Waals surface area contributed by atoms with Gasteiger partial charge in [-0.15, -0.1) is 0 Å². The Morgan fingerprint density at radius 3 is 1.67 bits per heavy atom. The van der Waals surface area contributed by atoms with Crippen LogP contribution in [-0.4, -0.2) is 0 Å². The van der Waals surface area contributed by atoms with Crippen molar-refractivity contribution in [2.45, 2.75) is 47.0 Å². The third-order valence-corrected chi connectivity index (χ3v) is 0.691. The van der Waals surface area contributed by atoms with Crippen LogP contribution in [0, 0.1) is 0 Å². The first-order valence-corrected chi connectivity index (χ1v) is 3.94. The molecule has 0 spiro atoms. The summed E-state index contributed by atoms with van der Waals surface area (Å²) in [6.07, 6.45) is 8.02. The number of hydrogen-bond donors (Lipinski definition) is 0. The van der Waals surface area contributed by atoms with Gasteiger partial charge in [-0.25, -0.2) is 0 Å². The zero-order valence-electron chi connectivity index (χ0n) is 7.28. The van der Waals surface area contributed by atoms with Crippen molar-refractivity contribution in [3.63, 3.8) is 0 Å². The highest BCUT2D eigenvalue weighted by Gasteiger charge is 1.64. The average molecular weight is 128 g/mol. The van der Waals surface area contributed by atoms with E-state index in [1.54, 1.807) is 0 Å². The van der Waals surface area contributed by atoms with Gasteiger partial charge in [-0.05, 0) is 13.3 Å². The van der Waals surface area contributed by atoms with E-state index in [1.165, 1.54) is 19.3 Å². The summed E-state index contributed by atoms with van der Waals surface area (Å²) >= 11 is 0. The van der Waals surface area contributed by atoms with Crippen LogP contribution in [0.25, 0.3) is 0 Å². The van der Waals surface area contributed by atoms with Crippen LogP contribution in [0.5, 0.6) is 0 Å². The standard InChI is InChI=1S/C6H12.C3H8/c1-3-5-6-4-2;1-3-2/h3,5H,4,6H2,1-2H3;3H2,1-2H3/b5-3+;. The molecule has 0 aromatic carbocycles. The molecular weight excluding hydrogens is 108 g/mol. The highest BCUT2D eigenvalue weighted by atomic mass is 13.7. The summed E-state index contributed by atoms with van der Waals surface area (Å²) in [5, 5.41) is 0. The Balaban J connectivity index is 0. The summed E-state index contributed by atoms with van der Waals surface area (Å²) < 4.78 is 0. The fraction of sp³-hybridized carbons (Fsp3) is 0.778. The molecular formula is C9H20. The SMILES string of the molecule is C/C=C/CCC.CCC. The van der Waals surface area contributed by atoms with Crippen LogP contribution in [0.1, 0.15) is 47.0 Å². The van der Waals surface area contributed by atoms with Gasteiger partial charge in [0.25, 0.3) is 0 Å². The van der Waals surface area contributed by atoms with Crippen LogP contribution in [0.15, 0.2) is 12.2 Å². The fourth-order valence-electron chi connectivity index (χ4n) is 0.333. The number of unbranched alkanes of at least 4 members (excludes halogenated alkanes) is 1. The molecule has 0 aromatic heterocycles. The molecule has 9 heavy (non-hydrogen) atoms. The second kappa shape index (κ2) is 15.6. The monoisotopic (exact) mass is 128 g/mol. The second-order valence-corrected chi connectivity index (χ2v) is 2.06. The van der Waals surface area contributed by atoms with Gasteiger partial charge in [0.2, 0.25) is 0 Å². The molecule has 0 unspecified atom stereocenters. The maximum Gasteiger partial charge on any atom is -0.0353 e. The number of hydrogen-bond acceptors (Lipinski definition) is 0. The molecule has 0 nitrogen and oxygen atoms in total. The minimum absolute atomic E-state index is 1.23. The maximum atomic E-state index is 2.18. The van der Waals surface area contributed by atoms with Crippen molar-refractivity contribution in [2.75, 3.05) is 0 Å². The van der Waals surface area contributed by atoms with E-state index >= 15 is 0 Å². The molecule has 0 radical (unpaired) electrons. The van der Waals surface area contributed by atoms with E-state index in [1.807, 2.05) is 0 Å². The number of rotatable bonds is 2. The Morgan fingerprint density at radius 1 is 1.11 bits per heavy atom. The topological polar surface area (TPSA) is 0 Å². The van der Waals surface area contributed by atoms with Gasteiger partial charge in [0.1, 0.15) is 0 Å². The first kappa shape index (κ1) is 11.5. The largest absolute Gasteiger partial charge is 0.0917 e. The molecule has 0 amide bonds. The molecule has 0 heteroatoms. The van der Waals surface area contributed by atoms with E-state index < -0.39 is 0 Å². The van der Waals surface area contributed by atoms with Crippen molar-refractivity contribution in [3.8, 4) is 0 Å². The highest BCUT2D eigenvalue weighted by Crippen LogP contribution is 1.85. The van der Waals surface area contributed by atoms with Crippen molar-refractivity contribution in [3.05, 3.63) is 12.2 Å². The van der Waals surface area contributed by atoms with Gasteiger partial charge in [0.05, 0.1) is 0 Å². The van der Waals surface area contributed by atoms with Gasteiger partial charge in [-0.2, -0.15) is 0 Å². The summed E-state index contributed by atoms with van der Waals surface area (Å²) in [5.74, 6) is 0. The van der Waals surface area contributed by atoms with Crippen molar-refractivity contribution in [2.24, 2.45) is 0 Å². The zero-order valence-corrected chi connectivity index (χ0v) is 7.28. The average Bonchev–Trinajstić information content (AvgIpc) is 1.86. The zero-order chi connectivity index (χ0) is 7.54. The lowest BCUT2D eigenvalue weighted by atomic mass is 10.3. The van der Waals surface area contributed by atoms with Gasteiger partial charge in [0, 0.05) is 0 Å². The Morgan fingerprint density at radius 2 is 1.56 bits per heavy atom. The van der Waals surface area contributed by atoms with Gasteiger partial charge in [0.15, 0.2) is 0 Å². The molecule has 0 saturated heterocycles. The molecule has 0 aromatic rings. The van der Waals surface area contributed by atoms with Crippen molar-refractivity contribution >= 4 is 0 Å². The summed E-state index contributed by atoms with van der Waals surface area (Å²) in [4.78, 5) is 0. The minimum atomic E-state index is 1.23. The molecule has 0 aliphatic rings. The van der Waals surface area contributed by atoms with Crippen LogP contribution in [-0.2, 0) is 0 Å². The first-order valence-electron chi connectivity index (χ1n) is 3.94. The summed E-state index contributed by atoms with van der Waals surface area (Å²) in [6, 6.07) is 0. The molecule has 0 fully saturated rings. The van der Waals surface area contributed by atoms with Crippen LogP contribution < -0.4 is 0 Å². The van der Waals surface area contributed by atoms with Gasteiger partial charge in [-0.1, -0.05) is 45.8 Å². The van der Waals surface area contributed by atoms with E-state index in [4.69, 9.17) is 0 Å². The van der Waals surface area contributed by atoms with Crippen LogP contribution in [0.4, 0.5) is 0 Å². The minimum Gasteiger partial charge on any atom is -0.0917 e. The van der Waals surface area contributed by atoms with E-state index in [9.17, 15) is 0 Å². The maximum absolute atomic E-state index is 2.18. The molecule has 0 heterocycles. The smallest absolute Gasteiger partial charge is 0.0353 e. The summed E-state index contributed by atoms with van der Waals surface area (Å²) in [7, 11) is 0. The van der Waals surface area contributed by atoms with Gasteiger partial charge < -0.3 is 0 Å². The van der Waals surface area contributed by atoms with E-state index in [-0.39, 0.29) is 0 Å². The fourth-order valence-corrected chi connectivity index (χ4v) is 0.333. The molecule has 0 N–H and O–H groups in total. The Labute approximate surface area is 60.0 Å². The lowest BCUT2D eigenvalue weighted by Gasteiger charge is -1.76. The summed E-state index contributed by atoms with van der Waals surface area (Å²) in [6.45, 7) is 8.48.